The molecule has 0 aromatic carbocycles. The number of nitrogens with one attached hydrogen (secondary N) is 2. The van der Waals surface area contributed by atoms with E-state index in [-0.39, 0.29) is 5.96 Å². The zero-order valence-electron chi connectivity index (χ0n) is 7.73. The van der Waals surface area contributed by atoms with Crippen molar-refractivity contribution in [1.29, 1.82) is 5.41 Å². The van der Waals surface area contributed by atoms with Crippen LogP contribution in [0.1, 0.15) is 38.5 Å². The molecule has 0 saturated carbocycles. The van der Waals surface area contributed by atoms with Crippen molar-refractivity contribution in [2.75, 3.05) is 6.54 Å². The first-order valence-corrected chi connectivity index (χ1v) is 4.64. The van der Waals surface area contributed by atoms with Crippen molar-refractivity contribution in [3.05, 3.63) is 6.92 Å². The van der Waals surface area contributed by atoms with Gasteiger partial charge in [-0.15, -0.1) is 0 Å². The second kappa shape index (κ2) is 8.37. The fraction of sp³-hybridized carbons (Fsp3) is 0.778. The normalized spacial score (nSPS) is 9.75. The van der Waals surface area contributed by atoms with Crippen molar-refractivity contribution >= 4 is 5.96 Å². The number of nitrogens with two attached hydrogens (primary N) is 1. The van der Waals surface area contributed by atoms with Crippen LogP contribution in [0.25, 0.3) is 0 Å². The third kappa shape index (κ3) is 9.27. The lowest BCUT2D eigenvalue weighted by Crippen LogP contribution is -2.30. The van der Waals surface area contributed by atoms with E-state index >= 15 is 0 Å². The average molecular weight is 170 g/mol. The molecule has 0 heterocycles. The Morgan fingerprint density at radius 2 is 1.75 bits per heavy atom. The van der Waals surface area contributed by atoms with Crippen LogP contribution >= 0.6 is 0 Å². The molecule has 71 valence electrons. The summed E-state index contributed by atoms with van der Waals surface area (Å²) in [4.78, 5) is 0. The monoisotopic (exact) mass is 170 g/mol. The fourth-order valence-electron chi connectivity index (χ4n) is 1.06. The molecule has 0 aromatic rings. The average Bonchev–Trinajstić information content (AvgIpc) is 2.02. The minimum absolute atomic E-state index is 0.0766. The standard InChI is InChI=1S/C9H20N3/c1-2-3-4-5-6-7-8-12-9(10)11/h1-8H2,(H4,10,11,12). The first-order chi connectivity index (χ1) is 5.77. The van der Waals surface area contributed by atoms with Gasteiger partial charge in [-0.3, -0.25) is 5.41 Å². The first-order valence-electron chi connectivity index (χ1n) is 4.64. The quantitative estimate of drug-likeness (QED) is 0.309. The highest BCUT2D eigenvalue weighted by molar-refractivity contribution is 5.74. The Balaban J connectivity index is 2.86. The lowest BCUT2D eigenvalue weighted by Gasteiger charge is -2.02. The summed E-state index contributed by atoms with van der Waals surface area (Å²) in [5, 5.41) is 9.68. The van der Waals surface area contributed by atoms with Crippen LogP contribution in [0.5, 0.6) is 0 Å². The summed E-state index contributed by atoms with van der Waals surface area (Å²) >= 11 is 0. The molecule has 0 amide bonds. The van der Waals surface area contributed by atoms with Crippen LogP contribution in [0.15, 0.2) is 0 Å². The van der Waals surface area contributed by atoms with Gasteiger partial charge in [0.25, 0.3) is 0 Å². The molecule has 0 spiro atoms. The third-order valence-electron chi connectivity index (χ3n) is 1.74. The van der Waals surface area contributed by atoms with Gasteiger partial charge in [-0.2, -0.15) is 0 Å². The highest BCUT2D eigenvalue weighted by Gasteiger charge is 1.90. The molecule has 0 aliphatic rings. The SMILES string of the molecule is [CH2]CCCCCCCNC(=N)N. The Hall–Kier alpha value is -0.730. The zero-order chi connectivity index (χ0) is 9.23. The molecule has 0 fully saturated rings. The predicted molar refractivity (Wildman–Crippen MR) is 53.0 cm³/mol. The molecule has 12 heavy (non-hydrogen) atoms. The maximum absolute atomic E-state index is 6.90. The molecule has 0 rings (SSSR count). The fourth-order valence-corrected chi connectivity index (χ4v) is 1.06. The van der Waals surface area contributed by atoms with E-state index in [1.54, 1.807) is 0 Å². The van der Waals surface area contributed by atoms with Gasteiger partial charge in [-0.05, 0) is 6.42 Å². The van der Waals surface area contributed by atoms with Gasteiger partial charge < -0.3 is 11.1 Å². The zero-order valence-corrected chi connectivity index (χ0v) is 7.73. The first kappa shape index (κ1) is 11.3. The topological polar surface area (TPSA) is 61.9 Å². The molecule has 3 heteroatoms. The number of rotatable bonds is 7. The summed E-state index contributed by atoms with van der Waals surface area (Å²) < 4.78 is 0. The van der Waals surface area contributed by atoms with Crippen LogP contribution in [0.3, 0.4) is 0 Å². The van der Waals surface area contributed by atoms with Gasteiger partial charge in [0.05, 0.1) is 0 Å². The number of hydrogen-bond donors (Lipinski definition) is 3. The molecule has 0 aliphatic heterocycles. The lowest BCUT2D eigenvalue weighted by molar-refractivity contribution is 0.610. The summed E-state index contributed by atoms with van der Waals surface area (Å²) in [6.07, 6.45) is 7.17. The summed E-state index contributed by atoms with van der Waals surface area (Å²) in [7, 11) is 0. The molecule has 0 aliphatic carbocycles. The van der Waals surface area contributed by atoms with Gasteiger partial charge >= 0.3 is 0 Å². The molecule has 0 saturated heterocycles. The molecule has 0 atom stereocenters. The molecule has 0 aromatic heterocycles. The van der Waals surface area contributed by atoms with Crippen LogP contribution in [0, 0.1) is 12.3 Å². The minimum atomic E-state index is 0.0766. The second-order valence-corrected chi connectivity index (χ2v) is 2.96. The van der Waals surface area contributed by atoms with Crippen LogP contribution in [-0.2, 0) is 0 Å². The Morgan fingerprint density at radius 3 is 2.33 bits per heavy atom. The molecule has 4 N–H and O–H groups in total. The van der Waals surface area contributed by atoms with Crippen LogP contribution in [-0.4, -0.2) is 12.5 Å². The lowest BCUT2D eigenvalue weighted by atomic mass is 10.1. The van der Waals surface area contributed by atoms with E-state index in [9.17, 15) is 0 Å². The smallest absolute Gasteiger partial charge is 0.185 e. The van der Waals surface area contributed by atoms with Crippen LogP contribution < -0.4 is 11.1 Å². The largest absolute Gasteiger partial charge is 0.370 e. The van der Waals surface area contributed by atoms with E-state index in [0.29, 0.717) is 0 Å². The van der Waals surface area contributed by atoms with Gasteiger partial charge in [0, 0.05) is 6.54 Å². The van der Waals surface area contributed by atoms with E-state index in [4.69, 9.17) is 11.1 Å². The summed E-state index contributed by atoms with van der Waals surface area (Å²) in [6, 6.07) is 0. The maximum atomic E-state index is 6.90. The van der Waals surface area contributed by atoms with Crippen molar-refractivity contribution in [3.63, 3.8) is 0 Å². The maximum Gasteiger partial charge on any atom is 0.185 e. The van der Waals surface area contributed by atoms with Crippen molar-refractivity contribution in [2.24, 2.45) is 5.73 Å². The molecule has 3 nitrogen and oxygen atoms in total. The predicted octanol–water partition coefficient (Wildman–Crippen LogP) is 1.64. The van der Waals surface area contributed by atoms with E-state index in [2.05, 4.69) is 12.2 Å². The molecular weight excluding hydrogens is 150 g/mol. The van der Waals surface area contributed by atoms with Crippen LogP contribution in [0.4, 0.5) is 0 Å². The van der Waals surface area contributed by atoms with E-state index in [1.165, 1.54) is 25.7 Å². The number of hydrogen-bond acceptors (Lipinski definition) is 1. The molecule has 0 unspecified atom stereocenters. The molecule has 1 radical (unpaired) electrons. The Kier molecular flexibility index (Phi) is 7.86. The second-order valence-electron chi connectivity index (χ2n) is 2.96. The van der Waals surface area contributed by atoms with Crippen molar-refractivity contribution < 1.29 is 0 Å². The third-order valence-corrected chi connectivity index (χ3v) is 1.74. The molecular formula is C9H20N3. The number of guanidine groups is 1. The van der Waals surface area contributed by atoms with E-state index in [1.807, 2.05) is 0 Å². The Morgan fingerprint density at radius 1 is 1.17 bits per heavy atom. The summed E-state index contributed by atoms with van der Waals surface area (Å²) in [5.41, 5.74) is 5.12. The van der Waals surface area contributed by atoms with Crippen molar-refractivity contribution in [3.8, 4) is 0 Å². The van der Waals surface area contributed by atoms with E-state index < -0.39 is 0 Å². The minimum Gasteiger partial charge on any atom is -0.370 e. The Bertz CT molecular complexity index is 112. The Labute approximate surface area is 75.2 Å². The number of unbranched alkanes of at least 4 members (excludes halogenated alkanes) is 5. The van der Waals surface area contributed by atoms with Gasteiger partial charge in [0.15, 0.2) is 5.96 Å². The summed E-state index contributed by atoms with van der Waals surface area (Å²) in [6.45, 7) is 4.62. The van der Waals surface area contributed by atoms with Gasteiger partial charge in [0.1, 0.15) is 0 Å². The highest BCUT2D eigenvalue weighted by Crippen LogP contribution is 2.03. The van der Waals surface area contributed by atoms with Gasteiger partial charge in [0.2, 0.25) is 0 Å². The van der Waals surface area contributed by atoms with Gasteiger partial charge in [-0.1, -0.05) is 39.0 Å². The van der Waals surface area contributed by atoms with E-state index in [0.717, 1.165) is 19.4 Å². The summed E-state index contributed by atoms with van der Waals surface area (Å²) in [5.74, 6) is 0.0766. The highest BCUT2D eigenvalue weighted by atomic mass is 15.0. The van der Waals surface area contributed by atoms with Crippen molar-refractivity contribution in [1.82, 2.24) is 5.32 Å². The van der Waals surface area contributed by atoms with Gasteiger partial charge in [-0.25, -0.2) is 0 Å². The van der Waals surface area contributed by atoms with Crippen molar-refractivity contribution in [2.45, 2.75) is 38.5 Å². The van der Waals surface area contributed by atoms with Crippen LogP contribution in [0.2, 0.25) is 0 Å². The molecule has 0 bridgehead atoms.